The lowest BCUT2D eigenvalue weighted by molar-refractivity contribution is -0.122. The molecule has 0 saturated heterocycles. The summed E-state index contributed by atoms with van der Waals surface area (Å²) < 4.78 is 0. The normalized spacial score (nSPS) is 14.0. The third kappa shape index (κ3) is 3.72. The fraction of sp³-hybridized carbons (Fsp3) is 0.200. The van der Waals surface area contributed by atoms with Crippen molar-refractivity contribution in [3.63, 3.8) is 0 Å². The largest absolute Gasteiger partial charge is 0.381 e. The van der Waals surface area contributed by atoms with Gasteiger partial charge in [0, 0.05) is 18.7 Å². The van der Waals surface area contributed by atoms with Gasteiger partial charge < -0.3 is 15.8 Å². The van der Waals surface area contributed by atoms with Crippen LogP contribution in [0.2, 0.25) is 0 Å². The van der Waals surface area contributed by atoms with Gasteiger partial charge in [-0.25, -0.2) is 0 Å². The predicted molar refractivity (Wildman–Crippen MR) is 99.0 cm³/mol. The van der Waals surface area contributed by atoms with Crippen LogP contribution in [0.3, 0.4) is 0 Å². The first kappa shape index (κ1) is 18.3. The Balaban J connectivity index is 1.81. The number of carbonyl (C=O) groups excluding carboxylic acids is 4. The molecule has 3 N–H and O–H groups in total. The molecule has 2 aromatic rings. The first-order valence-electron chi connectivity index (χ1n) is 8.55. The van der Waals surface area contributed by atoms with E-state index in [-0.39, 0.29) is 24.0 Å². The molecule has 0 bridgehead atoms. The smallest absolute Gasteiger partial charge is 0.262 e. The van der Waals surface area contributed by atoms with Gasteiger partial charge in [-0.05, 0) is 30.2 Å². The minimum Gasteiger partial charge on any atom is -0.381 e. The van der Waals surface area contributed by atoms with E-state index in [9.17, 15) is 19.2 Å². The Morgan fingerprint density at radius 2 is 1.78 bits per heavy atom. The Labute approximate surface area is 156 Å². The molecule has 2 aromatic carbocycles. The monoisotopic (exact) mass is 365 g/mol. The maximum absolute atomic E-state index is 12.7. The van der Waals surface area contributed by atoms with Crippen LogP contribution in [-0.2, 0) is 16.1 Å². The van der Waals surface area contributed by atoms with Crippen molar-refractivity contribution < 1.29 is 19.2 Å². The van der Waals surface area contributed by atoms with Crippen LogP contribution in [0, 0.1) is 0 Å². The van der Waals surface area contributed by atoms with E-state index in [2.05, 4.69) is 5.32 Å². The molecule has 1 aliphatic heterocycles. The molecule has 0 radical (unpaired) electrons. The Bertz CT molecular complexity index is 895. The van der Waals surface area contributed by atoms with Gasteiger partial charge in [0.1, 0.15) is 12.3 Å². The van der Waals surface area contributed by atoms with E-state index < -0.39 is 23.8 Å². The highest BCUT2D eigenvalue weighted by atomic mass is 16.2. The molecule has 7 heteroatoms. The summed E-state index contributed by atoms with van der Waals surface area (Å²) >= 11 is 0. The van der Waals surface area contributed by atoms with Crippen molar-refractivity contribution >= 4 is 29.7 Å². The zero-order chi connectivity index (χ0) is 19.4. The number of anilines is 1. The van der Waals surface area contributed by atoms with Crippen LogP contribution in [0.4, 0.5) is 5.69 Å². The van der Waals surface area contributed by atoms with Crippen molar-refractivity contribution in [2.75, 3.05) is 5.32 Å². The first-order chi connectivity index (χ1) is 13.0. The molecule has 3 amide bonds. The van der Waals surface area contributed by atoms with E-state index in [4.69, 9.17) is 5.73 Å². The summed E-state index contributed by atoms with van der Waals surface area (Å²) in [5.41, 5.74) is 7.55. The molecule has 138 valence electrons. The maximum atomic E-state index is 12.7. The predicted octanol–water partition coefficient (Wildman–Crippen LogP) is 1.73. The minimum atomic E-state index is -1.14. The number of nitrogens with zero attached hydrogens (tertiary/aromatic N) is 1. The minimum absolute atomic E-state index is 0.0173. The molecule has 1 aliphatic rings. The van der Waals surface area contributed by atoms with E-state index >= 15 is 0 Å². The lowest BCUT2D eigenvalue weighted by Crippen LogP contribution is -2.47. The summed E-state index contributed by atoms with van der Waals surface area (Å²) in [6.07, 6.45) is 0.675. The van der Waals surface area contributed by atoms with Crippen LogP contribution in [-0.4, -0.2) is 34.9 Å². The lowest BCUT2D eigenvalue weighted by Gasteiger charge is -2.22. The van der Waals surface area contributed by atoms with E-state index in [1.54, 1.807) is 18.2 Å². The van der Waals surface area contributed by atoms with Crippen molar-refractivity contribution in [3.05, 3.63) is 65.2 Å². The number of rotatable bonds is 8. The molecule has 27 heavy (non-hydrogen) atoms. The number of primary amides is 1. The van der Waals surface area contributed by atoms with E-state index in [1.165, 1.54) is 0 Å². The zero-order valence-electron chi connectivity index (χ0n) is 14.6. The topological polar surface area (TPSA) is 110 Å². The number of hydrogen-bond acceptors (Lipinski definition) is 5. The van der Waals surface area contributed by atoms with Gasteiger partial charge in [-0.15, -0.1) is 0 Å². The fourth-order valence-electron chi connectivity index (χ4n) is 3.08. The van der Waals surface area contributed by atoms with Crippen LogP contribution < -0.4 is 11.1 Å². The molecule has 3 rings (SSSR count). The molecule has 0 aliphatic carbocycles. The number of amides is 3. The standard InChI is InChI=1S/C20H19N3O4/c21-18(25)17(7-4-10-24)23-19(26)15-9-8-14(11-16(15)20(23)27)22-12-13-5-2-1-3-6-13/h1-3,5-6,8-11,17,22H,4,7,12H2,(H2,21,25). The van der Waals surface area contributed by atoms with Crippen LogP contribution in [0.1, 0.15) is 39.1 Å². The number of benzene rings is 2. The highest BCUT2D eigenvalue weighted by Crippen LogP contribution is 2.28. The van der Waals surface area contributed by atoms with Crippen LogP contribution >= 0.6 is 0 Å². The third-order valence-corrected chi connectivity index (χ3v) is 4.46. The van der Waals surface area contributed by atoms with Crippen LogP contribution in [0.15, 0.2) is 48.5 Å². The van der Waals surface area contributed by atoms with Gasteiger partial charge in [0.2, 0.25) is 5.91 Å². The van der Waals surface area contributed by atoms with E-state index in [0.717, 1.165) is 10.5 Å². The molecular formula is C20H19N3O4. The molecular weight excluding hydrogens is 346 g/mol. The molecule has 0 saturated carbocycles. The summed E-state index contributed by atoms with van der Waals surface area (Å²) in [6.45, 7) is 0.564. The highest BCUT2D eigenvalue weighted by Gasteiger charge is 2.42. The van der Waals surface area contributed by atoms with Gasteiger partial charge in [-0.1, -0.05) is 30.3 Å². The van der Waals surface area contributed by atoms with Crippen molar-refractivity contribution in [2.45, 2.75) is 25.4 Å². The molecule has 7 nitrogen and oxygen atoms in total. The van der Waals surface area contributed by atoms with Gasteiger partial charge in [0.05, 0.1) is 11.1 Å². The number of imide groups is 1. The number of nitrogens with two attached hydrogens (primary N) is 1. The second-order valence-electron chi connectivity index (χ2n) is 6.24. The molecule has 1 unspecified atom stereocenters. The molecule has 1 heterocycles. The second kappa shape index (κ2) is 7.82. The average molecular weight is 365 g/mol. The first-order valence-corrected chi connectivity index (χ1v) is 8.55. The average Bonchev–Trinajstić information content (AvgIpc) is 2.92. The summed E-state index contributed by atoms with van der Waals surface area (Å²) in [4.78, 5) is 48.5. The van der Waals surface area contributed by atoms with Gasteiger partial charge in [-0.3, -0.25) is 19.3 Å². The number of fused-ring (bicyclic) bond motifs is 1. The van der Waals surface area contributed by atoms with Crippen LogP contribution in [0.25, 0.3) is 0 Å². The zero-order valence-corrected chi connectivity index (χ0v) is 14.6. The molecule has 0 fully saturated rings. The van der Waals surface area contributed by atoms with Crippen molar-refractivity contribution in [2.24, 2.45) is 5.73 Å². The Kier molecular flexibility index (Phi) is 5.30. The number of aldehydes is 1. The van der Waals surface area contributed by atoms with Crippen molar-refractivity contribution in [3.8, 4) is 0 Å². The second-order valence-corrected chi connectivity index (χ2v) is 6.24. The quantitative estimate of drug-likeness (QED) is 0.547. The van der Waals surface area contributed by atoms with Gasteiger partial charge in [0.25, 0.3) is 11.8 Å². The number of carbonyl (C=O) groups is 4. The summed E-state index contributed by atoms with van der Waals surface area (Å²) in [5, 5.41) is 3.21. The summed E-state index contributed by atoms with van der Waals surface area (Å²) in [6, 6.07) is 13.5. The van der Waals surface area contributed by atoms with Gasteiger partial charge in [-0.2, -0.15) is 0 Å². The highest BCUT2D eigenvalue weighted by molar-refractivity contribution is 6.23. The summed E-state index contributed by atoms with van der Waals surface area (Å²) in [5.74, 6) is -1.96. The van der Waals surface area contributed by atoms with Gasteiger partial charge in [0.15, 0.2) is 0 Å². The Morgan fingerprint density at radius 3 is 2.44 bits per heavy atom. The van der Waals surface area contributed by atoms with Crippen molar-refractivity contribution in [1.82, 2.24) is 4.90 Å². The van der Waals surface area contributed by atoms with E-state index in [1.807, 2.05) is 30.3 Å². The number of nitrogens with one attached hydrogen (secondary N) is 1. The maximum Gasteiger partial charge on any atom is 0.262 e. The Morgan fingerprint density at radius 1 is 1.07 bits per heavy atom. The number of hydrogen-bond donors (Lipinski definition) is 2. The van der Waals surface area contributed by atoms with Crippen LogP contribution in [0.5, 0.6) is 0 Å². The van der Waals surface area contributed by atoms with Gasteiger partial charge >= 0.3 is 0 Å². The lowest BCUT2D eigenvalue weighted by atomic mass is 10.1. The van der Waals surface area contributed by atoms with E-state index in [0.29, 0.717) is 18.5 Å². The molecule has 0 spiro atoms. The fourth-order valence-corrected chi connectivity index (χ4v) is 3.08. The van der Waals surface area contributed by atoms with Crippen molar-refractivity contribution in [1.29, 1.82) is 0 Å². The Hall–Kier alpha value is -3.48. The third-order valence-electron chi connectivity index (χ3n) is 4.46. The summed E-state index contributed by atoms with van der Waals surface area (Å²) in [7, 11) is 0. The SMILES string of the molecule is NC(=O)C(CCC=O)N1C(=O)c2ccc(NCc3ccccc3)cc2C1=O. The molecule has 1 atom stereocenters. The molecule has 0 aromatic heterocycles.